The number of hydrogen-bond acceptors (Lipinski definition) is 4. The molecule has 0 aromatic carbocycles. The van der Waals surface area contributed by atoms with Crippen molar-refractivity contribution in [2.75, 3.05) is 7.05 Å². The summed E-state index contributed by atoms with van der Waals surface area (Å²) in [6, 6.07) is 0.505. The lowest BCUT2D eigenvalue weighted by atomic mass is 10.00. The molecule has 0 amide bonds. The highest BCUT2D eigenvalue weighted by Gasteiger charge is 2.45. The number of rotatable bonds is 2. The first-order valence-corrected chi connectivity index (χ1v) is 6.26. The highest BCUT2D eigenvalue weighted by Crippen LogP contribution is 2.35. The van der Waals surface area contributed by atoms with E-state index >= 15 is 0 Å². The molecule has 4 atom stereocenters. The summed E-state index contributed by atoms with van der Waals surface area (Å²) >= 11 is 0. The minimum Gasteiger partial charge on any atom is -0.459 e. The summed E-state index contributed by atoms with van der Waals surface area (Å²) in [7, 11) is 2.04. The van der Waals surface area contributed by atoms with Gasteiger partial charge in [0.2, 0.25) is 0 Å². The summed E-state index contributed by atoms with van der Waals surface area (Å²) < 4.78 is 5.48. The van der Waals surface area contributed by atoms with Crippen LogP contribution in [0.5, 0.6) is 0 Å². The van der Waals surface area contributed by atoms with Crippen molar-refractivity contribution in [2.24, 2.45) is 0 Å². The van der Waals surface area contributed by atoms with E-state index in [0.717, 1.165) is 19.3 Å². The summed E-state index contributed by atoms with van der Waals surface area (Å²) in [6.45, 7) is 3.60. The summed E-state index contributed by atoms with van der Waals surface area (Å²) in [4.78, 5) is 13.9. The van der Waals surface area contributed by atoms with Crippen LogP contribution in [0.15, 0.2) is 11.6 Å². The molecule has 2 saturated heterocycles. The predicted molar refractivity (Wildman–Crippen MR) is 64.5 cm³/mol. The van der Waals surface area contributed by atoms with Crippen LogP contribution in [0.3, 0.4) is 0 Å². The van der Waals surface area contributed by atoms with Crippen molar-refractivity contribution in [1.82, 2.24) is 4.90 Å². The molecule has 17 heavy (non-hydrogen) atoms. The number of ether oxygens (including phenoxy) is 1. The van der Waals surface area contributed by atoms with E-state index in [4.69, 9.17) is 4.74 Å². The average molecular weight is 239 g/mol. The van der Waals surface area contributed by atoms with E-state index in [2.05, 4.69) is 4.90 Å². The molecule has 2 aliphatic rings. The number of carbonyl (C=O) groups excluding carboxylic acids is 1. The Morgan fingerprint density at radius 1 is 1.41 bits per heavy atom. The van der Waals surface area contributed by atoms with E-state index in [1.165, 1.54) is 0 Å². The molecule has 0 saturated carbocycles. The van der Waals surface area contributed by atoms with E-state index < -0.39 is 0 Å². The minimum absolute atomic E-state index is 0.0410. The predicted octanol–water partition coefficient (Wildman–Crippen LogP) is 1.09. The zero-order valence-electron chi connectivity index (χ0n) is 10.7. The van der Waals surface area contributed by atoms with Gasteiger partial charge in [0.05, 0.1) is 6.10 Å². The normalized spacial score (nSPS) is 38.2. The van der Waals surface area contributed by atoms with Gasteiger partial charge in [-0.1, -0.05) is 6.08 Å². The van der Waals surface area contributed by atoms with Crippen molar-refractivity contribution in [3.05, 3.63) is 11.6 Å². The maximum Gasteiger partial charge on any atom is 0.333 e. The first kappa shape index (κ1) is 12.6. The Hall–Kier alpha value is -0.870. The minimum atomic E-state index is -0.267. The lowest BCUT2D eigenvalue weighted by molar-refractivity contribution is -0.147. The fourth-order valence-corrected chi connectivity index (χ4v) is 2.86. The molecule has 4 nitrogen and oxygen atoms in total. The fourth-order valence-electron chi connectivity index (χ4n) is 2.86. The highest BCUT2D eigenvalue weighted by molar-refractivity contribution is 5.87. The summed E-state index contributed by atoms with van der Waals surface area (Å²) in [6.07, 6.45) is 3.85. The third kappa shape index (κ3) is 2.38. The van der Waals surface area contributed by atoms with Crippen molar-refractivity contribution < 1.29 is 14.6 Å². The van der Waals surface area contributed by atoms with Gasteiger partial charge in [-0.25, -0.2) is 4.79 Å². The van der Waals surface area contributed by atoms with Crippen LogP contribution in [-0.2, 0) is 9.53 Å². The Labute approximate surface area is 102 Å². The molecule has 0 aliphatic carbocycles. The Morgan fingerprint density at radius 3 is 2.71 bits per heavy atom. The van der Waals surface area contributed by atoms with Crippen LogP contribution in [0.1, 0.15) is 33.1 Å². The first-order valence-electron chi connectivity index (χ1n) is 6.26. The highest BCUT2D eigenvalue weighted by atomic mass is 16.5. The number of fused-ring (bicyclic) bond motifs is 2. The number of allylic oxidation sites excluding steroid dienone is 1. The van der Waals surface area contributed by atoms with Gasteiger partial charge in [0.15, 0.2) is 0 Å². The van der Waals surface area contributed by atoms with E-state index in [0.29, 0.717) is 11.6 Å². The van der Waals surface area contributed by atoms with Crippen LogP contribution in [-0.4, -0.2) is 47.3 Å². The van der Waals surface area contributed by atoms with E-state index in [1.807, 2.05) is 14.0 Å². The van der Waals surface area contributed by atoms with Crippen LogP contribution in [0, 0.1) is 0 Å². The summed E-state index contributed by atoms with van der Waals surface area (Å²) in [5.41, 5.74) is 0.650. The molecule has 0 aromatic heterocycles. The third-order valence-corrected chi connectivity index (χ3v) is 4.12. The second kappa shape index (κ2) is 4.78. The monoisotopic (exact) mass is 239 g/mol. The van der Waals surface area contributed by atoms with Gasteiger partial charge in [-0.3, -0.25) is 4.90 Å². The Bertz CT molecular complexity index is 340. The van der Waals surface area contributed by atoms with E-state index in [9.17, 15) is 9.90 Å². The van der Waals surface area contributed by atoms with Crippen LogP contribution in [0.2, 0.25) is 0 Å². The summed E-state index contributed by atoms with van der Waals surface area (Å²) in [5, 5.41) is 9.88. The number of hydrogen-bond donors (Lipinski definition) is 1. The number of aliphatic hydroxyl groups is 1. The smallest absolute Gasteiger partial charge is 0.333 e. The molecule has 2 bridgehead atoms. The van der Waals surface area contributed by atoms with Crippen molar-refractivity contribution in [3.63, 3.8) is 0 Å². The molecular formula is C13H21NO3. The molecule has 4 heteroatoms. The number of nitrogens with zero attached hydrogens (tertiary/aromatic N) is 1. The lowest BCUT2D eigenvalue weighted by Gasteiger charge is -2.36. The maximum atomic E-state index is 11.7. The maximum absolute atomic E-state index is 11.7. The van der Waals surface area contributed by atoms with Crippen molar-refractivity contribution >= 4 is 5.97 Å². The largest absolute Gasteiger partial charge is 0.459 e. The first-order chi connectivity index (χ1) is 8.02. The molecule has 0 aromatic rings. The Balaban J connectivity index is 1.96. The zero-order chi connectivity index (χ0) is 12.6. The van der Waals surface area contributed by atoms with Crippen molar-refractivity contribution in [2.45, 2.75) is 57.4 Å². The number of likely N-dealkylation sites (N-methyl/N-ethyl adjacent to an activating group) is 1. The van der Waals surface area contributed by atoms with Gasteiger partial charge in [-0.05, 0) is 27.3 Å². The number of carbonyl (C=O) groups is 1. The molecule has 0 unspecified atom stereocenters. The van der Waals surface area contributed by atoms with Gasteiger partial charge >= 0.3 is 5.97 Å². The van der Waals surface area contributed by atoms with Gasteiger partial charge in [0.1, 0.15) is 6.10 Å². The van der Waals surface area contributed by atoms with Gasteiger partial charge in [0.25, 0.3) is 0 Å². The molecular weight excluding hydrogens is 218 g/mol. The zero-order valence-corrected chi connectivity index (χ0v) is 10.7. The molecule has 1 N–H and O–H groups in total. The van der Waals surface area contributed by atoms with Gasteiger partial charge in [-0.15, -0.1) is 0 Å². The quantitative estimate of drug-likeness (QED) is 0.579. The van der Waals surface area contributed by atoms with Crippen molar-refractivity contribution in [1.29, 1.82) is 0 Å². The number of esters is 1. The van der Waals surface area contributed by atoms with Crippen molar-refractivity contribution in [3.8, 4) is 0 Å². The van der Waals surface area contributed by atoms with Crippen LogP contribution < -0.4 is 0 Å². The lowest BCUT2D eigenvalue weighted by Crippen LogP contribution is -2.45. The second-order valence-electron chi connectivity index (χ2n) is 5.16. The molecule has 2 fully saturated rings. The number of aliphatic hydroxyl groups excluding tert-OH is 1. The van der Waals surface area contributed by atoms with Gasteiger partial charge in [0, 0.05) is 30.5 Å². The van der Waals surface area contributed by atoms with E-state index in [1.54, 1.807) is 13.0 Å². The molecule has 0 spiro atoms. The van der Waals surface area contributed by atoms with E-state index in [-0.39, 0.29) is 24.2 Å². The Kier molecular flexibility index (Phi) is 3.54. The average Bonchev–Trinajstić information content (AvgIpc) is 2.49. The molecule has 2 aliphatic heterocycles. The van der Waals surface area contributed by atoms with Crippen LogP contribution in [0.4, 0.5) is 0 Å². The SMILES string of the molecule is C/C=C(\C)C(=O)O[C@H]1C[C@H]2C[C@H](O)[C@@H](C1)N2C. The fraction of sp³-hybridized carbons (Fsp3) is 0.769. The molecule has 2 rings (SSSR count). The second-order valence-corrected chi connectivity index (χ2v) is 5.16. The molecule has 0 radical (unpaired) electrons. The Morgan fingerprint density at radius 2 is 2.12 bits per heavy atom. The molecule has 2 heterocycles. The third-order valence-electron chi connectivity index (χ3n) is 4.12. The van der Waals surface area contributed by atoms with Crippen LogP contribution >= 0.6 is 0 Å². The standard InChI is InChI=1S/C13H21NO3/c1-4-8(2)13(16)17-10-5-9-6-12(15)11(7-10)14(9)3/h4,9-12,15H,5-7H2,1-3H3/b8-4+/t9-,10-,11+,12-/m0/s1. The topological polar surface area (TPSA) is 49.8 Å². The molecule has 96 valence electrons. The van der Waals surface area contributed by atoms with Crippen LogP contribution in [0.25, 0.3) is 0 Å². The number of piperidine rings is 1. The van der Waals surface area contributed by atoms with Gasteiger partial charge in [-0.2, -0.15) is 0 Å². The summed E-state index contributed by atoms with van der Waals surface area (Å²) in [5.74, 6) is -0.226. The van der Waals surface area contributed by atoms with Gasteiger partial charge < -0.3 is 9.84 Å².